The van der Waals surface area contributed by atoms with E-state index in [0.29, 0.717) is 19.3 Å². The second kappa shape index (κ2) is 66.5. The van der Waals surface area contributed by atoms with Crippen molar-refractivity contribution in [2.45, 2.75) is 277 Å². The molecule has 0 saturated carbocycles. The molecule has 0 N–H and O–H groups in total. The maximum absolute atomic E-state index is 12.9. The van der Waals surface area contributed by atoms with Crippen molar-refractivity contribution in [3.63, 3.8) is 0 Å². The first kappa shape index (κ1) is 75.0. The molecule has 6 nitrogen and oxygen atoms in total. The largest absolute Gasteiger partial charge is 0.462 e. The van der Waals surface area contributed by atoms with E-state index in [0.717, 1.165) is 161 Å². The number of hydrogen-bond acceptors (Lipinski definition) is 6. The molecular formula is C74H118O6. The fourth-order valence-electron chi connectivity index (χ4n) is 8.44. The number of ether oxygens (including phenoxy) is 3. The van der Waals surface area contributed by atoms with Crippen molar-refractivity contribution < 1.29 is 28.6 Å². The summed E-state index contributed by atoms with van der Waals surface area (Å²) in [7, 11) is 0. The number of rotatable bonds is 57. The predicted molar refractivity (Wildman–Crippen MR) is 348 cm³/mol. The van der Waals surface area contributed by atoms with Gasteiger partial charge >= 0.3 is 17.9 Å². The molecule has 450 valence electrons. The molecule has 0 amide bonds. The van der Waals surface area contributed by atoms with Gasteiger partial charge in [-0.15, -0.1) is 0 Å². The van der Waals surface area contributed by atoms with E-state index in [4.69, 9.17) is 14.2 Å². The Labute approximate surface area is 492 Å². The Morgan fingerprint density at radius 3 is 0.775 bits per heavy atom. The summed E-state index contributed by atoms with van der Waals surface area (Å²) >= 11 is 0. The predicted octanol–water partition coefficient (Wildman–Crippen LogP) is 22.5. The SMILES string of the molecule is CC/C=C\C/C=C\C/C=C\C/C=C\C/C=C\C/C=C\C/C=C\CCCCCC(=O)OCC(COC(=O)CCCCCCCCC/C=C\C/C=C\CCCCCC)OC(=O)CCCCCCCC/C=C\C/C=C\C/C=C\C/C=C\CC. The van der Waals surface area contributed by atoms with Gasteiger partial charge in [-0.25, -0.2) is 0 Å². The Balaban J connectivity index is 4.52. The van der Waals surface area contributed by atoms with Crippen molar-refractivity contribution in [1.82, 2.24) is 0 Å². The fourth-order valence-corrected chi connectivity index (χ4v) is 8.44. The third-order valence-corrected chi connectivity index (χ3v) is 13.2. The molecule has 1 unspecified atom stereocenters. The van der Waals surface area contributed by atoms with Gasteiger partial charge in [0.2, 0.25) is 0 Å². The van der Waals surface area contributed by atoms with Crippen LogP contribution in [0.2, 0.25) is 0 Å². The van der Waals surface area contributed by atoms with Gasteiger partial charge in [-0.05, 0) is 148 Å². The minimum atomic E-state index is -0.813. The van der Waals surface area contributed by atoms with Gasteiger partial charge in [0.25, 0.3) is 0 Å². The lowest BCUT2D eigenvalue weighted by atomic mass is 10.1. The number of allylic oxidation sites excluding steroid dienone is 26. The van der Waals surface area contributed by atoms with Crippen molar-refractivity contribution in [2.75, 3.05) is 13.2 Å². The zero-order valence-corrected chi connectivity index (χ0v) is 51.5. The summed E-state index contributed by atoms with van der Waals surface area (Å²) in [5.41, 5.74) is 0. The zero-order chi connectivity index (χ0) is 57.8. The van der Waals surface area contributed by atoms with E-state index in [1.165, 1.54) is 70.6 Å². The third kappa shape index (κ3) is 63.9. The molecule has 0 fully saturated rings. The van der Waals surface area contributed by atoms with Crippen molar-refractivity contribution >= 4 is 17.9 Å². The van der Waals surface area contributed by atoms with Crippen molar-refractivity contribution in [1.29, 1.82) is 0 Å². The number of carbonyl (C=O) groups is 3. The van der Waals surface area contributed by atoms with E-state index in [1.807, 2.05) is 0 Å². The molecule has 0 heterocycles. The molecule has 0 bridgehead atoms. The van der Waals surface area contributed by atoms with E-state index in [2.05, 4.69) is 179 Å². The van der Waals surface area contributed by atoms with Crippen molar-refractivity contribution in [2.24, 2.45) is 0 Å². The van der Waals surface area contributed by atoms with E-state index >= 15 is 0 Å². The molecular weight excluding hydrogens is 985 g/mol. The quantitative estimate of drug-likeness (QED) is 0.0261. The Morgan fingerprint density at radius 2 is 0.487 bits per heavy atom. The normalized spacial score (nSPS) is 13.2. The molecule has 0 rings (SSSR count). The Kier molecular flexibility index (Phi) is 62.4. The molecule has 0 aromatic heterocycles. The van der Waals surface area contributed by atoms with Gasteiger partial charge in [0.05, 0.1) is 0 Å². The van der Waals surface area contributed by atoms with Gasteiger partial charge in [-0.2, -0.15) is 0 Å². The summed E-state index contributed by atoms with van der Waals surface area (Å²) < 4.78 is 16.9. The first-order valence-corrected chi connectivity index (χ1v) is 32.5. The van der Waals surface area contributed by atoms with Crippen LogP contribution in [0, 0.1) is 0 Å². The van der Waals surface area contributed by atoms with Crippen LogP contribution in [0.25, 0.3) is 0 Å². The molecule has 0 radical (unpaired) electrons. The smallest absolute Gasteiger partial charge is 0.306 e. The number of esters is 3. The van der Waals surface area contributed by atoms with Gasteiger partial charge < -0.3 is 14.2 Å². The van der Waals surface area contributed by atoms with Gasteiger partial charge in [0.15, 0.2) is 6.10 Å². The average molecular weight is 1100 g/mol. The molecule has 0 aliphatic heterocycles. The highest BCUT2D eigenvalue weighted by molar-refractivity contribution is 5.71. The number of unbranched alkanes of at least 4 members (excludes halogenated alkanes) is 20. The van der Waals surface area contributed by atoms with Gasteiger partial charge in [-0.1, -0.05) is 262 Å². The Hall–Kier alpha value is -4.97. The molecule has 0 spiro atoms. The first-order valence-electron chi connectivity index (χ1n) is 32.5. The van der Waals surface area contributed by atoms with Crippen LogP contribution in [0.5, 0.6) is 0 Å². The van der Waals surface area contributed by atoms with Crippen LogP contribution in [-0.2, 0) is 28.6 Å². The molecule has 0 aromatic carbocycles. The maximum atomic E-state index is 12.9. The minimum Gasteiger partial charge on any atom is -0.462 e. The van der Waals surface area contributed by atoms with Crippen molar-refractivity contribution in [3.8, 4) is 0 Å². The summed E-state index contributed by atoms with van der Waals surface area (Å²) in [5, 5.41) is 0. The molecule has 0 aliphatic carbocycles. The zero-order valence-electron chi connectivity index (χ0n) is 51.5. The van der Waals surface area contributed by atoms with E-state index in [-0.39, 0.29) is 31.1 Å². The van der Waals surface area contributed by atoms with Crippen LogP contribution in [0.1, 0.15) is 271 Å². The summed E-state index contributed by atoms with van der Waals surface area (Å²) in [6, 6.07) is 0. The second-order valence-corrected chi connectivity index (χ2v) is 20.9. The van der Waals surface area contributed by atoms with Crippen LogP contribution >= 0.6 is 0 Å². The van der Waals surface area contributed by atoms with Gasteiger partial charge in [-0.3, -0.25) is 14.4 Å². The summed E-state index contributed by atoms with van der Waals surface area (Å²) in [6.07, 6.45) is 96.6. The van der Waals surface area contributed by atoms with Gasteiger partial charge in [0, 0.05) is 19.3 Å². The summed E-state index contributed by atoms with van der Waals surface area (Å²) in [4.78, 5) is 38.4. The topological polar surface area (TPSA) is 78.9 Å². The molecule has 0 saturated heterocycles. The lowest BCUT2D eigenvalue weighted by molar-refractivity contribution is -0.167. The van der Waals surface area contributed by atoms with Crippen LogP contribution in [0.3, 0.4) is 0 Å². The number of carbonyl (C=O) groups excluding carboxylic acids is 3. The highest BCUT2D eigenvalue weighted by Crippen LogP contribution is 2.14. The van der Waals surface area contributed by atoms with E-state index in [1.54, 1.807) is 0 Å². The molecule has 1 atom stereocenters. The monoisotopic (exact) mass is 1100 g/mol. The highest BCUT2D eigenvalue weighted by atomic mass is 16.6. The van der Waals surface area contributed by atoms with Gasteiger partial charge in [0.1, 0.15) is 13.2 Å². The number of hydrogen-bond donors (Lipinski definition) is 0. The lowest BCUT2D eigenvalue weighted by Gasteiger charge is -2.18. The third-order valence-electron chi connectivity index (χ3n) is 13.2. The first-order chi connectivity index (χ1) is 39.5. The second-order valence-electron chi connectivity index (χ2n) is 20.9. The molecule has 0 aliphatic rings. The van der Waals surface area contributed by atoms with Crippen molar-refractivity contribution in [3.05, 3.63) is 158 Å². The molecule has 80 heavy (non-hydrogen) atoms. The molecule has 0 aromatic rings. The standard InChI is InChI=1S/C74H118O6/c1-4-7-10-13-16-19-22-25-28-31-34-35-36-37-38-39-41-43-46-49-52-55-58-61-64-67-73(76)79-70-71(69-78-72(75)66-63-60-57-54-51-48-45-42-33-30-27-24-21-18-15-12-9-6-3)80-74(77)68-65-62-59-56-53-50-47-44-40-32-29-26-23-20-17-14-11-8-5-2/h7-8,10-11,16-17,19-21,24-26,28-30,33-35,37-38,40-41,43-44,49,52,71H,4-6,9,12-15,18,22-23,27,31-32,36,39,42,45-48,50-51,53-70H2,1-3H3/b10-7-,11-8-,19-16-,20-17-,24-21-,28-25-,29-26-,33-30-,35-34-,38-37-,43-41-,44-40-,52-49-. The Morgan fingerprint density at radius 1 is 0.263 bits per heavy atom. The van der Waals surface area contributed by atoms with Crippen LogP contribution in [0.15, 0.2) is 158 Å². The average Bonchev–Trinajstić information content (AvgIpc) is 3.46. The fraction of sp³-hybridized carbons (Fsp3) is 0.608. The highest BCUT2D eigenvalue weighted by Gasteiger charge is 2.19. The maximum Gasteiger partial charge on any atom is 0.306 e. The minimum absolute atomic E-state index is 0.105. The van der Waals surface area contributed by atoms with Crippen LogP contribution in [0.4, 0.5) is 0 Å². The summed E-state index contributed by atoms with van der Waals surface area (Å²) in [6.45, 7) is 6.35. The Bertz CT molecular complexity index is 1790. The van der Waals surface area contributed by atoms with Crippen LogP contribution < -0.4 is 0 Å². The van der Waals surface area contributed by atoms with Crippen LogP contribution in [-0.4, -0.2) is 37.2 Å². The lowest BCUT2D eigenvalue weighted by Crippen LogP contribution is -2.30. The molecule has 6 heteroatoms. The van der Waals surface area contributed by atoms with E-state index < -0.39 is 6.10 Å². The summed E-state index contributed by atoms with van der Waals surface area (Å²) in [5.74, 6) is -0.962. The van der Waals surface area contributed by atoms with E-state index in [9.17, 15) is 14.4 Å².